The van der Waals surface area contributed by atoms with Gasteiger partial charge in [0, 0.05) is 11.7 Å². The van der Waals surface area contributed by atoms with Gasteiger partial charge in [-0.1, -0.05) is 13.3 Å². The molecular weight excluding hydrogens is 321 g/mol. The average Bonchev–Trinajstić information content (AvgIpc) is 3.23. The summed E-state index contributed by atoms with van der Waals surface area (Å²) in [6.45, 7) is 3.51. The molecule has 1 aromatic carbocycles. The van der Waals surface area contributed by atoms with E-state index in [4.69, 9.17) is 5.73 Å². The molecule has 1 saturated carbocycles. The van der Waals surface area contributed by atoms with E-state index in [9.17, 15) is 17.6 Å². The van der Waals surface area contributed by atoms with Crippen molar-refractivity contribution in [2.24, 2.45) is 5.73 Å². The maximum atomic E-state index is 13.9. The van der Waals surface area contributed by atoms with E-state index in [1.807, 2.05) is 6.92 Å². The van der Waals surface area contributed by atoms with Gasteiger partial charge in [-0.25, -0.2) is 17.5 Å². The van der Waals surface area contributed by atoms with Gasteiger partial charge in [0.1, 0.15) is 10.7 Å². The third-order valence-corrected chi connectivity index (χ3v) is 5.20. The van der Waals surface area contributed by atoms with Crippen molar-refractivity contribution in [3.05, 3.63) is 24.0 Å². The normalized spacial score (nSPS) is 17.6. The minimum Gasteiger partial charge on any atom is -0.324 e. The number of hydrogen-bond donors (Lipinski definition) is 3. The molecule has 128 valence electrons. The van der Waals surface area contributed by atoms with Crippen LogP contribution in [0.25, 0.3) is 0 Å². The second kappa shape index (κ2) is 6.54. The highest BCUT2D eigenvalue weighted by molar-refractivity contribution is 7.89. The van der Waals surface area contributed by atoms with Crippen molar-refractivity contribution in [1.82, 2.24) is 4.72 Å². The molecule has 0 bridgehead atoms. The second-order valence-electron chi connectivity index (χ2n) is 6.16. The molecular formula is C15H22FN3O3S. The number of anilines is 1. The number of rotatable bonds is 7. The van der Waals surface area contributed by atoms with Crippen LogP contribution in [0.1, 0.15) is 39.5 Å². The van der Waals surface area contributed by atoms with Gasteiger partial charge in [-0.05, 0) is 44.4 Å². The first-order valence-corrected chi connectivity index (χ1v) is 9.06. The van der Waals surface area contributed by atoms with Crippen molar-refractivity contribution in [1.29, 1.82) is 0 Å². The lowest BCUT2D eigenvalue weighted by Crippen LogP contribution is -2.48. The topological polar surface area (TPSA) is 101 Å². The summed E-state index contributed by atoms with van der Waals surface area (Å²) >= 11 is 0. The molecule has 0 heterocycles. The molecule has 4 N–H and O–H groups in total. The smallest absolute Gasteiger partial charge is 0.244 e. The van der Waals surface area contributed by atoms with Crippen molar-refractivity contribution in [3.63, 3.8) is 0 Å². The number of halogens is 1. The highest BCUT2D eigenvalue weighted by Gasteiger charge is 2.31. The van der Waals surface area contributed by atoms with Crippen molar-refractivity contribution in [2.75, 3.05) is 5.32 Å². The average molecular weight is 343 g/mol. The van der Waals surface area contributed by atoms with Crippen LogP contribution in [-0.2, 0) is 14.8 Å². The molecule has 0 radical (unpaired) electrons. The number of sulfonamides is 1. The fraction of sp³-hybridized carbons (Fsp3) is 0.533. The SMILES string of the molecule is CCCC(C)(N)C(=O)Nc1ccc(F)c(S(=O)(=O)NC2CC2)c1. The standard InChI is InChI=1S/C15H22FN3O3S/c1-3-8-15(2,17)14(20)18-11-6-7-12(16)13(9-11)23(21,22)19-10-4-5-10/h6-7,9-10,19H,3-5,8,17H2,1-2H3,(H,18,20). The molecule has 1 atom stereocenters. The molecule has 1 aromatic rings. The van der Waals surface area contributed by atoms with Gasteiger partial charge in [0.2, 0.25) is 15.9 Å². The third-order valence-electron chi connectivity index (χ3n) is 3.67. The highest BCUT2D eigenvalue weighted by atomic mass is 32.2. The second-order valence-corrected chi connectivity index (χ2v) is 7.84. The molecule has 8 heteroatoms. The van der Waals surface area contributed by atoms with Crippen LogP contribution >= 0.6 is 0 Å². The van der Waals surface area contributed by atoms with Crippen LogP contribution < -0.4 is 15.8 Å². The van der Waals surface area contributed by atoms with E-state index in [-0.39, 0.29) is 11.7 Å². The highest BCUT2D eigenvalue weighted by Crippen LogP contribution is 2.25. The molecule has 0 aliphatic heterocycles. The molecule has 1 fully saturated rings. The predicted molar refractivity (Wildman–Crippen MR) is 85.9 cm³/mol. The number of carbonyl (C=O) groups excluding carboxylic acids is 1. The first kappa shape index (κ1) is 17.8. The van der Waals surface area contributed by atoms with E-state index in [1.54, 1.807) is 6.92 Å². The summed E-state index contributed by atoms with van der Waals surface area (Å²) in [7, 11) is -3.94. The maximum absolute atomic E-state index is 13.9. The Bertz CT molecular complexity index is 700. The van der Waals surface area contributed by atoms with Gasteiger partial charge < -0.3 is 11.1 Å². The van der Waals surface area contributed by atoms with Gasteiger partial charge in [0.25, 0.3) is 0 Å². The molecule has 0 aromatic heterocycles. The number of hydrogen-bond acceptors (Lipinski definition) is 4. The van der Waals surface area contributed by atoms with Crippen LogP contribution in [0.15, 0.2) is 23.1 Å². The molecule has 6 nitrogen and oxygen atoms in total. The summed E-state index contributed by atoms with van der Waals surface area (Å²) in [5.74, 6) is -1.30. The van der Waals surface area contributed by atoms with Crippen LogP contribution in [0.4, 0.5) is 10.1 Å². The fourth-order valence-corrected chi connectivity index (χ4v) is 3.59. The quantitative estimate of drug-likeness (QED) is 0.701. The van der Waals surface area contributed by atoms with E-state index >= 15 is 0 Å². The Balaban J connectivity index is 2.21. The zero-order valence-corrected chi connectivity index (χ0v) is 14.0. The van der Waals surface area contributed by atoms with Crippen LogP contribution in [0.5, 0.6) is 0 Å². The van der Waals surface area contributed by atoms with E-state index < -0.39 is 32.2 Å². The van der Waals surface area contributed by atoms with Crippen LogP contribution in [0.3, 0.4) is 0 Å². The largest absolute Gasteiger partial charge is 0.324 e. The molecule has 0 saturated heterocycles. The van der Waals surface area contributed by atoms with E-state index in [1.165, 1.54) is 6.07 Å². The Hall–Kier alpha value is -1.51. The van der Waals surface area contributed by atoms with Gasteiger partial charge in [-0.2, -0.15) is 0 Å². The van der Waals surface area contributed by atoms with Crippen molar-refractivity contribution in [3.8, 4) is 0 Å². The van der Waals surface area contributed by atoms with Crippen LogP contribution in [0.2, 0.25) is 0 Å². The van der Waals surface area contributed by atoms with Gasteiger partial charge in [-0.15, -0.1) is 0 Å². The third kappa shape index (κ3) is 4.49. The number of nitrogens with two attached hydrogens (primary N) is 1. The lowest BCUT2D eigenvalue weighted by molar-refractivity contribution is -0.120. The zero-order chi connectivity index (χ0) is 17.3. The monoisotopic (exact) mass is 343 g/mol. The van der Waals surface area contributed by atoms with Gasteiger partial charge in [0.15, 0.2) is 0 Å². The predicted octanol–water partition coefficient (Wildman–Crippen LogP) is 1.72. The fourth-order valence-electron chi connectivity index (χ4n) is 2.18. The number of benzene rings is 1. The number of carbonyl (C=O) groups is 1. The van der Waals surface area contributed by atoms with Gasteiger partial charge in [0.05, 0.1) is 5.54 Å². The Labute approximate surface area is 135 Å². The van der Waals surface area contributed by atoms with Crippen LogP contribution in [-0.4, -0.2) is 25.9 Å². The lowest BCUT2D eigenvalue weighted by Gasteiger charge is -2.23. The molecule has 0 spiro atoms. The Morgan fingerprint density at radius 3 is 2.65 bits per heavy atom. The number of nitrogens with one attached hydrogen (secondary N) is 2. The summed E-state index contributed by atoms with van der Waals surface area (Å²) in [6, 6.07) is 3.31. The Morgan fingerprint density at radius 2 is 2.09 bits per heavy atom. The number of amides is 1. The summed E-state index contributed by atoms with van der Waals surface area (Å²) in [6.07, 6.45) is 2.71. The van der Waals surface area contributed by atoms with Crippen molar-refractivity contribution in [2.45, 2.75) is 56.0 Å². The van der Waals surface area contributed by atoms with Crippen LogP contribution in [0, 0.1) is 5.82 Å². The Kier molecular flexibility index (Phi) is 5.07. The molecule has 1 aliphatic rings. The Morgan fingerprint density at radius 1 is 1.43 bits per heavy atom. The summed E-state index contributed by atoms with van der Waals surface area (Å²) in [5.41, 5.74) is 5.05. The molecule has 1 amide bonds. The van der Waals surface area contributed by atoms with Crippen molar-refractivity contribution >= 4 is 21.6 Å². The lowest BCUT2D eigenvalue weighted by atomic mass is 9.96. The van der Waals surface area contributed by atoms with E-state index in [0.29, 0.717) is 6.42 Å². The van der Waals surface area contributed by atoms with E-state index in [0.717, 1.165) is 31.4 Å². The minimum atomic E-state index is -3.94. The first-order chi connectivity index (χ1) is 10.7. The molecule has 1 aliphatic carbocycles. The summed E-state index contributed by atoms with van der Waals surface area (Å²) in [5, 5.41) is 2.55. The van der Waals surface area contributed by atoms with Gasteiger partial charge in [-0.3, -0.25) is 4.79 Å². The molecule has 23 heavy (non-hydrogen) atoms. The maximum Gasteiger partial charge on any atom is 0.244 e. The van der Waals surface area contributed by atoms with Crippen molar-refractivity contribution < 1.29 is 17.6 Å². The zero-order valence-electron chi connectivity index (χ0n) is 13.2. The minimum absolute atomic E-state index is 0.130. The van der Waals surface area contributed by atoms with E-state index in [2.05, 4.69) is 10.0 Å². The first-order valence-electron chi connectivity index (χ1n) is 7.58. The summed E-state index contributed by atoms with van der Waals surface area (Å²) in [4.78, 5) is 11.7. The molecule has 2 rings (SSSR count). The summed E-state index contributed by atoms with van der Waals surface area (Å²) < 4.78 is 40.6. The molecule has 1 unspecified atom stereocenters. The van der Waals surface area contributed by atoms with Gasteiger partial charge >= 0.3 is 0 Å².